The van der Waals surface area contributed by atoms with Crippen LogP contribution in [-0.2, 0) is 0 Å². The van der Waals surface area contributed by atoms with E-state index in [-0.39, 0.29) is 11.8 Å². The molecule has 0 unspecified atom stereocenters. The number of amides is 2. The molecule has 0 saturated heterocycles. The first-order valence-electron chi connectivity index (χ1n) is 6.20. The summed E-state index contributed by atoms with van der Waals surface area (Å²) < 4.78 is 0. The van der Waals surface area contributed by atoms with Gasteiger partial charge in [0.05, 0.1) is 10.6 Å². The summed E-state index contributed by atoms with van der Waals surface area (Å²) in [5.41, 5.74) is 7.36. The van der Waals surface area contributed by atoms with E-state index < -0.39 is 0 Å². The molecule has 0 aliphatic rings. The number of nitrogens with one attached hydrogen (secondary N) is 2. The number of halogens is 1. The van der Waals surface area contributed by atoms with Crippen LogP contribution in [0.25, 0.3) is 0 Å². The minimum absolute atomic E-state index is 0.296. The van der Waals surface area contributed by atoms with Gasteiger partial charge in [0, 0.05) is 24.0 Å². The first-order chi connectivity index (χ1) is 10.0. The average Bonchev–Trinajstić information content (AvgIpc) is 2.48. The molecule has 0 radical (unpaired) electrons. The molecule has 0 spiro atoms. The Kier molecular flexibility index (Phi) is 4.45. The van der Waals surface area contributed by atoms with Crippen molar-refractivity contribution in [3.8, 4) is 0 Å². The zero-order valence-electron chi connectivity index (χ0n) is 11.3. The lowest BCUT2D eigenvalue weighted by molar-refractivity contribution is 0.0961. The molecule has 0 saturated carbocycles. The van der Waals surface area contributed by atoms with Crippen molar-refractivity contribution in [2.24, 2.45) is 0 Å². The molecule has 2 aromatic rings. The standard InChI is InChI=1S/C15H14ClN3O2/c1-18-15(21)12-8-11(5-6-13(12)16)19-14(20)9-3-2-4-10(17)7-9/h2-8H,17H2,1H3,(H,18,21)(H,19,20). The van der Waals surface area contributed by atoms with E-state index in [1.807, 2.05) is 0 Å². The maximum absolute atomic E-state index is 12.1. The number of carbonyl (C=O) groups excluding carboxylic acids is 2. The van der Waals surface area contributed by atoms with Crippen LogP contribution in [0.3, 0.4) is 0 Å². The molecule has 4 N–H and O–H groups in total. The number of nitrogens with two attached hydrogens (primary N) is 1. The van der Waals surface area contributed by atoms with Gasteiger partial charge in [0.15, 0.2) is 0 Å². The predicted molar refractivity (Wildman–Crippen MR) is 83.6 cm³/mol. The van der Waals surface area contributed by atoms with Gasteiger partial charge in [-0.25, -0.2) is 0 Å². The number of rotatable bonds is 3. The van der Waals surface area contributed by atoms with Crippen molar-refractivity contribution in [3.05, 3.63) is 58.6 Å². The third kappa shape index (κ3) is 3.52. The lowest BCUT2D eigenvalue weighted by Crippen LogP contribution is -2.19. The summed E-state index contributed by atoms with van der Waals surface area (Å²) >= 11 is 5.95. The van der Waals surface area contributed by atoms with Crippen molar-refractivity contribution >= 4 is 34.8 Å². The molecule has 0 heterocycles. The molecule has 2 rings (SSSR count). The van der Waals surface area contributed by atoms with Gasteiger partial charge >= 0.3 is 0 Å². The highest BCUT2D eigenvalue weighted by Crippen LogP contribution is 2.21. The Balaban J connectivity index is 2.24. The molecule has 0 fully saturated rings. The molecular formula is C15H14ClN3O2. The molecule has 0 aromatic heterocycles. The fourth-order valence-electron chi connectivity index (χ4n) is 1.79. The zero-order valence-corrected chi connectivity index (χ0v) is 12.1. The van der Waals surface area contributed by atoms with Gasteiger partial charge in [0.1, 0.15) is 0 Å². The van der Waals surface area contributed by atoms with E-state index in [0.29, 0.717) is 27.5 Å². The Morgan fingerprint density at radius 2 is 1.86 bits per heavy atom. The highest BCUT2D eigenvalue weighted by Gasteiger charge is 2.12. The van der Waals surface area contributed by atoms with Gasteiger partial charge in [0.25, 0.3) is 11.8 Å². The minimum Gasteiger partial charge on any atom is -0.399 e. The summed E-state index contributed by atoms with van der Waals surface area (Å²) in [5, 5.41) is 5.50. The van der Waals surface area contributed by atoms with Crippen molar-refractivity contribution < 1.29 is 9.59 Å². The summed E-state index contributed by atoms with van der Waals surface area (Å²) in [4.78, 5) is 23.8. The van der Waals surface area contributed by atoms with E-state index in [0.717, 1.165) is 0 Å². The highest BCUT2D eigenvalue weighted by molar-refractivity contribution is 6.34. The molecule has 0 aliphatic carbocycles. The second-order valence-corrected chi connectivity index (χ2v) is 4.76. The first-order valence-corrected chi connectivity index (χ1v) is 6.57. The van der Waals surface area contributed by atoms with E-state index in [1.165, 1.54) is 13.1 Å². The van der Waals surface area contributed by atoms with E-state index in [2.05, 4.69) is 10.6 Å². The summed E-state index contributed by atoms with van der Waals surface area (Å²) in [5.74, 6) is -0.632. The smallest absolute Gasteiger partial charge is 0.255 e. The van der Waals surface area contributed by atoms with Crippen LogP contribution in [0.5, 0.6) is 0 Å². The second-order valence-electron chi connectivity index (χ2n) is 4.35. The zero-order chi connectivity index (χ0) is 15.4. The van der Waals surface area contributed by atoms with Gasteiger partial charge in [-0.1, -0.05) is 17.7 Å². The molecule has 2 amide bonds. The van der Waals surface area contributed by atoms with Crippen molar-refractivity contribution in [2.75, 3.05) is 18.1 Å². The third-order valence-corrected chi connectivity index (χ3v) is 3.17. The van der Waals surface area contributed by atoms with Crippen LogP contribution in [0.1, 0.15) is 20.7 Å². The van der Waals surface area contributed by atoms with Gasteiger partial charge in [-0.15, -0.1) is 0 Å². The van der Waals surface area contributed by atoms with Crippen LogP contribution in [0.2, 0.25) is 5.02 Å². The minimum atomic E-state index is -0.319. The molecular weight excluding hydrogens is 290 g/mol. The molecule has 0 bridgehead atoms. The molecule has 0 aliphatic heterocycles. The van der Waals surface area contributed by atoms with Crippen LogP contribution in [0.15, 0.2) is 42.5 Å². The number of hydrogen-bond donors (Lipinski definition) is 3. The first kappa shape index (κ1) is 14.9. The predicted octanol–water partition coefficient (Wildman–Crippen LogP) is 2.53. The van der Waals surface area contributed by atoms with Gasteiger partial charge in [-0.05, 0) is 36.4 Å². The number of carbonyl (C=O) groups is 2. The second kappa shape index (κ2) is 6.28. The van der Waals surface area contributed by atoms with Crippen LogP contribution in [0.4, 0.5) is 11.4 Å². The number of hydrogen-bond acceptors (Lipinski definition) is 3. The fraction of sp³-hybridized carbons (Fsp3) is 0.0667. The van der Waals surface area contributed by atoms with Crippen molar-refractivity contribution in [1.29, 1.82) is 0 Å². The Morgan fingerprint density at radius 3 is 2.52 bits per heavy atom. The summed E-state index contributed by atoms with van der Waals surface area (Å²) in [6.45, 7) is 0. The van der Waals surface area contributed by atoms with Crippen molar-refractivity contribution in [1.82, 2.24) is 5.32 Å². The maximum atomic E-state index is 12.1. The molecule has 21 heavy (non-hydrogen) atoms. The molecule has 0 atom stereocenters. The highest BCUT2D eigenvalue weighted by atomic mass is 35.5. The average molecular weight is 304 g/mol. The van der Waals surface area contributed by atoms with Crippen molar-refractivity contribution in [3.63, 3.8) is 0 Å². The monoisotopic (exact) mass is 303 g/mol. The molecule has 5 nitrogen and oxygen atoms in total. The van der Waals surface area contributed by atoms with Gasteiger partial charge in [0.2, 0.25) is 0 Å². The van der Waals surface area contributed by atoms with E-state index in [1.54, 1.807) is 36.4 Å². The van der Waals surface area contributed by atoms with Crippen LogP contribution in [0, 0.1) is 0 Å². The maximum Gasteiger partial charge on any atom is 0.255 e. The van der Waals surface area contributed by atoms with Crippen LogP contribution in [-0.4, -0.2) is 18.9 Å². The topological polar surface area (TPSA) is 84.2 Å². The van der Waals surface area contributed by atoms with Gasteiger partial charge in [-0.3, -0.25) is 9.59 Å². The van der Waals surface area contributed by atoms with Crippen LogP contribution < -0.4 is 16.4 Å². The summed E-state index contributed by atoms with van der Waals surface area (Å²) in [7, 11) is 1.51. The lowest BCUT2D eigenvalue weighted by Gasteiger charge is -2.09. The summed E-state index contributed by atoms with van der Waals surface area (Å²) in [6.07, 6.45) is 0. The van der Waals surface area contributed by atoms with E-state index in [9.17, 15) is 9.59 Å². The summed E-state index contributed by atoms with van der Waals surface area (Å²) in [6, 6.07) is 11.3. The normalized spacial score (nSPS) is 10.0. The Labute approximate surface area is 127 Å². The van der Waals surface area contributed by atoms with Gasteiger partial charge < -0.3 is 16.4 Å². The van der Waals surface area contributed by atoms with Gasteiger partial charge in [-0.2, -0.15) is 0 Å². The Morgan fingerprint density at radius 1 is 1.10 bits per heavy atom. The number of nitrogen functional groups attached to an aromatic ring is 1. The SMILES string of the molecule is CNC(=O)c1cc(NC(=O)c2cccc(N)c2)ccc1Cl. The fourth-order valence-corrected chi connectivity index (χ4v) is 2.00. The van der Waals surface area contributed by atoms with E-state index >= 15 is 0 Å². The molecule has 108 valence electrons. The lowest BCUT2D eigenvalue weighted by atomic mass is 10.1. The van der Waals surface area contributed by atoms with E-state index in [4.69, 9.17) is 17.3 Å². The number of benzene rings is 2. The molecule has 2 aromatic carbocycles. The van der Waals surface area contributed by atoms with Crippen LogP contribution >= 0.6 is 11.6 Å². The Hall–Kier alpha value is -2.53. The molecule has 6 heteroatoms. The van der Waals surface area contributed by atoms with Crippen molar-refractivity contribution in [2.45, 2.75) is 0 Å². The largest absolute Gasteiger partial charge is 0.399 e. The number of anilines is 2. The Bertz CT molecular complexity index is 701. The quantitative estimate of drug-likeness (QED) is 0.762. The third-order valence-electron chi connectivity index (χ3n) is 2.84.